The fraction of sp³-hybridized carbons (Fsp3) is 1.00. The van der Waals surface area contributed by atoms with Gasteiger partial charge in [0.15, 0.2) is 0 Å². The average Bonchev–Trinajstić information content (AvgIpc) is 1.89. The number of hydrogen-bond donors (Lipinski definition) is 3. The molecule has 0 aromatic carbocycles. The van der Waals surface area contributed by atoms with Crippen LogP contribution in [0.15, 0.2) is 0 Å². The van der Waals surface area contributed by atoms with Gasteiger partial charge >= 0.3 is 0 Å². The molecule has 0 saturated carbocycles. The zero-order chi connectivity index (χ0) is 7.45. The van der Waals surface area contributed by atoms with Crippen molar-refractivity contribution in [1.29, 1.82) is 0 Å². The van der Waals surface area contributed by atoms with E-state index >= 15 is 0 Å². The van der Waals surface area contributed by atoms with Gasteiger partial charge in [-0.2, -0.15) is 0 Å². The number of piperidine rings is 1. The lowest BCUT2D eigenvalue weighted by Crippen LogP contribution is -2.49. The molecule has 1 rings (SSSR count). The molecular formula is C7H17N3. The van der Waals surface area contributed by atoms with E-state index in [1.807, 2.05) is 0 Å². The van der Waals surface area contributed by atoms with E-state index in [4.69, 9.17) is 11.5 Å². The highest BCUT2D eigenvalue weighted by Crippen LogP contribution is 2.17. The second-order valence-corrected chi connectivity index (χ2v) is 3.15. The molecule has 1 aliphatic rings. The zero-order valence-corrected chi connectivity index (χ0v) is 6.40. The molecule has 1 heterocycles. The van der Waals surface area contributed by atoms with E-state index in [1.165, 1.54) is 0 Å². The molecule has 1 saturated heterocycles. The highest BCUT2D eigenvalue weighted by Gasteiger charge is 2.25. The molecule has 3 heteroatoms. The van der Waals surface area contributed by atoms with E-state index in [0.717, 1.165) is 38.9 Å². The second-order valence-electron chi connectivity index (χ2n) is 3.15. The predicted molar refractivity (Wildman–Crippen MR) is 42.7 cm³/mol. The van der Waals surface area contributed by atoms with E-state index in [9.17, 15) is 0 Å². The summed E-state index contributed by atoms with van der Waals surface area (Å²) in [5.41, 5.74) is 11.5. The van der Waals surface area contributed by atoms with Gasteiger partial charge in [-0.3, -0.25) is 0 Å². The largest absolute Gasteiger partial charge is 0.330 e. The molecule has 0 atom stereocenters. The maximum absolute atomic E-state index is 6.05. The molecular weight excluding hydrogens is 126 g/mol. The Morgan fingerprint density at radius 3 is 2.40 bits per heavy atom. The predicted octanol–water partition coefficient (Wildman–Crippen LogP) is -0.584. The van der Waals surface area contributed by atoms with Crippen LogP contribution in [-0.4, -0.2) is 25.2 Å². The van der Waals surface area contributed by atoms with Crippen LogP contribution in [0.4, 0.5) is 0 Å². The fourth-order valence-corrected chi connectivity index (χ4v) is 1.46. The van der Waals surface area contributed by atoms with E-state index in [2.05, 4.69) is 5.32 Å². The maximum Gasteiger partial charge on any atom is 0.0190 e. The lowest BCUT2D eigenvalue weighted by atomic mass is 9.86. The first-order valence-electron chi connectivity index (χ1n) is 3.96. The summed E-state index contributed by atoms with van der Waals surface area (Å²) >= 11 is 0. The summed E-state index contributed by atoms with van der Waals surface area (Å²) in [6, 6.07) is 0. The highest BCUT2D eigenvalue weighted by molar-refractivity contribution is 4.88. The van der Waals surface area contributed by atoms with Crippen LogP contribution in [0.5, 0.6) is 0 Å². The molecule has 0 aliphatic carbocycles. The van der Waals surface area contributed by atoms with Gasteiger partial charge in [0, 0.05) is 5.54 Å². The Bertz CT molecular complexity index is 91.5. The summed E-state index contributed by atoms with van der Waals surface area (Å²) < 4.78 is 0. The number of nitrogens with one attached hydrogen (secondary N) is 1. The van der Waals surface area contributed by atoms with E-state index in [-0.39, 0.29) is 5.54 Å². The van der Waals surface area contributed by atoms with Crippen LogP contribution in [0.1, 0.15) is 19.3 Å². The van der Waals surface area contributed by atoms with Crippen LogP contribution < -0.4 is 16.8 Å². The lowest BCUT2D eigenvalue weighted by Gasteiger charge is -2.33. The van der Waals surface area contributed by atoms with Crippen LogP contribution in [0.25, 0.3) is 0 Å². The fourth-order valence-electron chi connectivity index (χ4n) is 1.46. The number of hydrogen-bond acceptors (Lipinski definition) is 3. The van der Waals surface area contributed by atoms with Gasteiger partial charge in [-0.05, 0) is 38.9 Å². The van der Waals surface area contributed by atoms with Crippen LogP contribution in [-0.2, 0) is 0 Å². The van der Waals surface area contributed by atoms with Crippen LogP contribution in [0.3, 0.4) is 0 Å². The van der Waals surface area contributed by atoms with Crippen molar-refractivity contribution in [3.63, 3.8) is 0 Å². The smallest absolute Gasteiger partial charge is 0.0190 e. The lowest BCUT2D eigenvalue weighted by molar-refractivity contribution is 0.295. The van der Waals surface area contributed by atoms with Crippen molar-refractivity contribution in [2.75, 3.05) is 19.6 Å². The van der Waals surface area contributed by atoms with Gasteiger partial charge in [-0.15, -0.1) is 0 Å². The van der Waals surface area contributed by atoms with Crippen molar-refractivity contribution < 1.29 is 0 Å². The summed E-state index contributed by atoms with van der Waals surface area (Å²) in [4.78, 5) is 0. The number of rotatable bonds is 2. The first-order chi connectivity index (χ1) is 4.77. The van der Waals surface area contributed by atoms with E-state index in [1.54, 1.807) is 0 Å². The third kappa shape index (κ3) is 1.94. The second kappa shape index (κ2) is 3.32. The number of nitrogens with two attached hydrogens (primary N) is 2. The summed E-state index contributed by atoms with van der Waals surface area (Å²) in [5.74, 6) is 0. The SMILES string of the molecule is NCCC1(N)CCNCC1. The molecule has 3 nitrogen and oxygen atoms in total. The zero-order valence-electron chi connectivity index (χ0n) is 6.40. The summed E-state index contributed by atoms with van der Waals surface area (Å²) in [5, 5.41) is 3.28. The van der Waals surface area contributed by atoms with Crippen LogP contribution >= 0.6 is 0 Å². The molecule has 0 radical (unpaired) electrons. The molecule has 0 amide bonds. The average molecular weight is 143 g/mol. The van der Waals surface area contributed by atoms with Gasteiger partial charge in [0.1, 0.15) is 0 Å². The van der Waals surface area contributed by atoms with Gasteiger partial charge in [0.2, 0.25) is 0 Å². The molecule has 0 spiro atoms. The standard InChI is InChI=1S/C7H17N3/c8-4-1-7(9)2-5-10-6-3-7/h10H,1-6,8-9H2. The summed E-state index contributed by atoms with van der Waals surface area (Å²) in [7, 11) is 0. The van der Waals surface area contributed by atoms with Gasteiger partial charge in [0.25, 0.3) is 0 Å². The molecule has 0 aromatic rings. The molecule has 1 aliphatic heterocycles. The van der Waals surface area contributed by atoms with Gasteiger partial charge in [-0.25, -0.2) is 0 Å². The van der Waals surface area contributed by atoms with Crippen molar-refractivity contribution in [2.45, 2.75) is 24.8 Å². The van der Waals surface area contributed by atoms with Gasteiger partial charge in [0.05, 0.1) is 0 Å². The Morgan fingerprint density at radius 2 is 1.90 bits per heavy atom. The molecule has 10 heavy (non-hydrogen) atoms. The third-order valence-electron chi connectivity index (χ3n) is 2.24. The quantitative estimate of drug-likeness (QED) is 0.484. The third-order valence-corrected chi connectivity index (χ3v) is 2.24. The van der Waals surface area contributed by atoms with Crippen molar-refractivity contribution >= 4 is 0 Å². The Kier molecular flexibility index (Phi) is 2.65. The summed E-state index contributed by atoms with van der Waals surface area (Å²) in [6.07, 6.45) is 3.11. The minimum absolute atomic E-state index is 0.0417. The Balaban J connectivity index is 2.32. The van der Waals surface area contributed by atoms with Crippen LogP contribution in [0.2, 0.25) is 0 Å². The first kappa shape index (κ1) is 7.98. The molecule has 5 N–H and O–H groups in total. The van der Waals surface area contributed by atoms with E-state index in [0.29, 0.717) is 0 Å². The molecule has 0 unspecified atom stereocenters. The maximum atomic E-state index is 6.05. The first-order valence-corrected chi connectivity index (χ1v) is 3.96. The topological polar surface area (TPSA) is 64.1 Å². The van der Waals surface area contributed by atoms with Crippen molar-refractivity contribution in [1.82, 2.24) is 5.32 Å². The molecule has 60 valence electrons. The summed E-state index contributed by atoms with van der Waals surface area (Å²) in [6.45, 7) is 2.82. The normalized spacial score (nSPS) is 24.6. The van der Waals surface area contributed by atoms with Crippen molar-refractivity contribution in [3.05, 3.63) is 0 Å². The Hall–Kier alpha value is -0.120. The van der Waals surface area contributed by atoms with Crippen molar-refractivity contribution in [3.8, 4) is 0 Å². The van der Waals surface area contributed by atoms with Gasteiger partial charge in [-0.1, -0.05) is 0 Å². The van der Waals surface area contributed by atoms with Gasteiger partial charge < -0.3 is 16.8 Å². The van der Waals surface area contributed by atoms with Crippen LogP contribution in [0, 0.1) is 0 Å². The molecule has 0 bridgehead atoms. The highest BCUT2D eigenvalue weighted by atomic mass is 14.9. The Labute approximate surface area is 62.2 Å². The minimum atomic E-state index is 0.0417. The monoisotopic (exact) mass is 143 g/mol. The molecule has 1 fully saturated rings. The Morgan fingerprint density at radius 1 is 1.30 bits per heavy atom. The van der Waals surface area contributed by atoms with Crippen molar-refractivity contribution in [2.24, 2.45) is 11.5 Å². The molecule has 0 aromatic heterocycles. The van der Waals surface area contributed by atoms with E-state index < -0.39 is 0 Å². The minimum Gasteiger partial charge on any atom is -0.330 e.